The molecule has 0 saturated carbocycles. The molecule has 10 heteroatoms. The first-order chi connectivity index (χ1) is 8.94. The molecule has 0 aliphatic heterocycles. The number of non-ortho nitro benzene ring substituents is 1. The van der Waals surface area contributed by atoms with Gasteiger partial charge in [-0.25, -0.2) is 0 Å². The lowest BCUT2D eigenvalue weighted by Gasteiger charge is -2.11. The molecule has 0 aliphatic rings. The number of rotatable bonds is 4. The monoisotopic (exact) mass is 313 g/mol. The predicted molar refractivity (Wildman–Crippen MR) is 61.8 cm³/mol. The molecule has 0 radical (unpaired) electrons. The van der Waals surface area contributed by atoms with E-state index >= 15 is 0 Å². The maximum absolute atomic E-state index is 12.0. The van der Waals surface area contributed by atoms with Crippen molar-refractivity contribution < 1.29 is 30.7 Å². The van der Waals surface area contributed by atoms with Crippen molar-refractivity contribution in [2.75, 3.05) is 6.61 Å². The summed E-state index contributed by atoms with van der Waals surface area (Å²) in [4.78, 5) is 9.17. The Morgan fingerprint density at radius 1 is 1.30 bits per heavy atom. The minimum atomic E-state index is -4.82. The summed E-state index contributed by atoms with van der Waals surface area (Å²) in [6.45, 7) is 0.741. The first kappa shape index (κ1) is 16.4. The van der Waals surface area contributed by atoms with Crippen LogP contribution in [0.5, 0.6) is 0 Å². The highest BCUT2D eigenvalue weighted by molar-refractivity contribution is 7.86. The second-order valence-corrected chi connectivity index (χ2v) is 5.56. The van der Waals surface area contributed by atoms with Crippen molar-refractivity contribution in [2.24, 2.45) is 0 Å². The molecule has 1 rings (SSSR count). The molecule has 20 heavy (non-hydrogen) atoms. The third kappa shape index (κ3) is 3.90. The SMILES string of the molecule is Cc1cc([N+](=O)[O-])cc(S(=O)(=O)OCC(F)(F)F)c1C. The first-order valence-corrected chi connectivity index (χ1v) is 6.57. The van der Waals surface area contributed by atoms with E-state index in [2.05, 4.69) is 4.18 Å². The number of aryl methyl sites for hydroxylation is 1. The van der Waals surface area contributed by atoms with Gasteiger partial charge in [0.1, 0.15) is 4.90 Å². The predicted octanol–water partition coefficient (Wildman–Crippen LogP) is 2.48. The molecule has 0 saturated heterocycles. The van der Waals surface area contributed by atoms with Gasteiger partial charge in [-0.15, -0.1) is 0 Å². The highest BCUT2D eigenvalue weighted by Gasteiger charge is 2.32. The summed E-state index contributed by atoms with van der Waals surface area (Å²) < 4.78 is 63.2. The van der Waals surface area contributed by atoms with Crippen LogP contribution in [0, 0.1) is 24.0 Å². The number of hydrogen-bond donors (Lipinski definition) is 0. The number of nitrogens with zero attached hydrogens (tertiary/aromatic N) is 1. The van der Waals surface area contributed by atoms with Gasteiger partial charge in [-0.1, -0.05) is 0 Å². The highest BCUT2D eigenvalue weighted by atomic mass is 32.2. The molecule has 112 valence electrons. The molecule has 0 atom stereocenters. The summed E-state index contributed by atoms with van der Waals surface area (Å²) in [6, 6.07) is 1.80. The van der Waals surface area contributed by atoms with Crippen LogP contribution in [0.1, 0.15) is 11.1 Å². The zero-order chi connectivity index (χ0) is 15.7. The van der Waals surface area contributed by atoms with Crippen molar-refractivity contribution in [3.63, 3.8) is 0 Å². The standard InChI is InChI=1S/C10H10F3NO5S/c1-6-3-8(14(15)16)4-9(7(6)2)20(17,18)19-5-10(11,12)13/h3-4H,5H2,1-2H3. The Morgan fingerprint density at radius 3 is 2.30 bits per heavy atom. The Bertz CT molecular complexity index is 639. The smallest absolute Gasteiger partial charge is 0.258 e. The van der Waals surface area contributed by atoms with Crippen molar-refractivity contribution in [1.82, 2.24) is 0 Å². The average molecular weight is 313 g/mol. The lowest BCUT2D eigenvalue weighted by Crippen LogP contribution is -2.21. The Kier molecular flexibility index (Phi) is 4.39. The molecule has 0 heterocycles. The molecule has 1 aromatic carbocycles. The third-order valence-corrected chi connectivity index (χ3v) is 3.85. The molecule has 6 nitrogen and oxygen atoms in total. The lowest BCUT2D eigenvalue weighted by molar-refractivity contribution is -0.385. The molecule has 1 aromatic rings. The molecular weight excluding hydrogens is 303 g/mol. The van der Waals surface area contributed by atoms with Gasteiger partial charge in [0.15, 0.2) is 6.61 Å². The molecule has 0 bridgehead atoms. The van der Waals surface area contributed by atoms with Crippen LogP contribution in [-0.2, 0) is 14.3 Å². The van der Waals surface area contributed by atoms with Gasteiger partial charge in [-0.2, -0.15) is 21.6 Å². The minimum absolute atomic E-state index is 0.0952. The fourth-order valence-electron chi connectivity index (χ4n) is 1.38. The van der Waals surface area contributed by atoms with Crippen molar-refractivity contribution in [2.45, 2.75) is 24.9 Å². The van der Waals surface area contributed by atoms with Gasteiger partial charge >= 0.3 is 6.18 Å². The number of nitro groups is 1. The van der Waals surface area contributed by atoms with Gasteiger partial charge in [0.2, 0.25) is 0 Å². The fourth-order valence-corrected chi connectivity index (χ4v) is 2.60. The van der Waals surface area contributed by atoms with E-state index < -0.39 is 38.4 Å². The molecule has 0 spiro atoms. The zero-order valence-electron chi connectivity index (χ0n) is 10.4. The van der Waals surface area contributed by atoms with Gasteiger partial charge in [-0.3, -0.25) is 14.3 Å². The minimum Gasteiger partial charge on any atom is -0.258 e. The van der Waals surface area contributed by atoms with Crippen LogP contribution < -0.4 is 0 Å². The largest absolute Gasteiger partial charge is 0.413 e. The lowest BCUT2D eigenvalue weighted by atomic mass is 10.1. The van der Waals surface area contributed by atoms with Crippen LogP contribution in [0.15, 0.2) is 17.0 Å². The average Bonchev–Trinajstić information content (AvgIpc) is 2.28. The van der Waals surface area contributed by atoms with Crippen LogP contribution >= 0.6 is 0 Å². The summed E-state index contributed by atoms with van der Waals surface area (Å²) in [5, 5.41) is 10.7. The maximum Gasteiger partial charge on any atom is 0.413 e. The Morgan fingerprint density at radius 2 is 1.85 bits per heavy atom. The van der Waals surface area contributed by atoms with Crippen LogP contribution in [-0.4, -0.2) is 26.1 Å². The van der Waals surface area contributed by atoms with E-state index in [1.54, 1.807) is 0 Å². The second kappa shape index (κ2) is 5.37. The quantitative estimate of drug-likeness (QED) is 0.484. The topological polar surface area (TPSA) is 86.5 Å². The molecule has 0 aromatic heterocycles. The molecule has 0 aliphatic carbocycles. The number of nitro benzene ring substituents is 1. The molecule has 0 unspecified atom stereocenters. The van der Waals surface area contributed by atoms with Gasteiger partial charge in [0.05, 0.1) is 4.92 Å². The van der Waals surface area contributed by atoms with E-state index in [0.29, 0.717) is 6.07 Å². The fraction of sp³-hybridized carbons (Fsp3) is 0.400. The van der Waals surface area contributed by atoms with E-state index in [9.17, 15) is 31.7 Å². The Balaban J connectivity index is 3.27. The number of alkyl halides is 3. The molecular formula is C10H10F3NO5S. The number of benzene rings is 1. The summed E-state index contributed by atoms with van der Waals surface area (Å²) >= 11 is 0. The van der Waals surface area contributed by atoms with E-state index in [1.165, 1.54) is 13.8 Å². The molecule has 0 fully saturated rings. The summed E-state index contributed by atoms with van der Waals surface area (Å²) in [5.74, 6) is 0. The normalized spacial score (nSPS) is 12.4. The van der Waals surface area contributed by atoms with E-state index in [4.69, 9.17) is 0 Å². The van der Waals surface area contributed by atoms with Crippen molar-refractivity contribution in [3.8, 4) is 0 Å². The second-order valence-electron chi connectivity index (χ2n) is 3.97. The maximum atomic E-state index is 12.0. The van der Waals surface area contributed by atoms with Gasteiger partial charge < -0.3 is 0 Å². The zero-order valence-corrected chi connectivity index (χ0v) is 11.2. The number of halogens is 3. The van der Waals surface area contributed by atoms with Crippen molar-refractivity contribution in [1.29, 1.82) is 0 Å². The van der Waals surface area contributed by atoms with E-state index in [0.717, 1.165) is 6.07 Å². The summed E-state index contributed by atoms with van der Waals surface area (Å²) in [5.41, 5.74) is -0.187. The van der Waals surface area contributed by atoms with Gasteiger partial charge in [0, 0.05) is 12.1 Å². The third-order valence-electron chi connectivity index (χ3n) is 2.46. The van der Waals surface area contributed by atoms with E-state index in [-0.39, 0.29) is 11.1 Å². The van der Waals surface area contributed by atoms with Crippen LogP contribution in [0.3, 0.4) is 0 Å². The van der Waals surface area contributed by atoms with Gasteiger partial charge in [0.25, 0.3) is 15.8 Å². The molecule has 0 N–H and O–H groups in total. The highest BCUT2D eigenvalue weighted by Crippen LogP contribution is 2.27. The van der Waals surface area contributed by atoms with E-state index in [1.807, 2.05) is 0 Å². The summed E-state index contributed by atoms with van der Waals surface area (Å²) in [7, 11) is -4.73. The van der Waals surface area contributed by atoms with Crippen LogP contribution in [0.4, 0.5) is 18.9 Å². The Hall–Kier alpha value is -1.68. The van der Waals surface area contributed by atoms with Crippen LogP contribution in [0.2, 0.25) is 0 Å². The van der Waals surface area contributed by atoms with Crippen molar-refractivity contribution in [3.05, 3.63) is 33.4 Å². The number of hydrogen-bond acceptors (Lipinski definition) is 5. The van der Waals surface area contributed by atoms with Crippen molar-refractivity contribution >= 4 is 15.8 Å². The first-order valence-electron chi connectivity index (χ1n) is 5.16. The van der Waals surface area contributed by atoms with Gasteiger partial charge in [-0.05, 0) is 25.0 Å². The van der Waals surface area contributed by atoms with Crippen LogP contribution in [0.25, 0.3) is 0 Å². The molecule has 0 amide bonds. The summed E-state index contributed by atoms with van der Waals surface area (Å²) in [6.07, 6.45) is -4.82. The Labute approximate surface area is 112 Å².